The molecule has 1 atom stereocenters. The molecule has 0 spiro atoms. The monoisotopic (exact) mass is 461 g/mol. The zero-order valence-corrected chi connectivity index (χ0v) is 19.3. The van der Waals surface area contributed by atoms with Gasteiger partial charge in [0.15, 0.2) is 0 Å². The molecule has 1 aromatic heterocycles. The van der Waals surface area contributed by atoms with Crippen molar-refractivity contribution in [2.45, 2.75) is 17.4 Å². The van der Waals surface area contributed by atoms with Gasteiger partial charge >= 0.3 is 0 Å². The SMILES string of the molecule is CN(C)CCCN1C(=O)C(=O)/C(=C(\O)c2ccc(S(=O)(=O)N(C)C)cc2)C1c1ccco1. The van der Waals surface area contributed by atoms with Crippen molar-refractivity contribution in [3.63, 3.8) is 0 Å². The summed E-state index contributed by atoms with van der Waals surface area (Å²) < 4.78 is 31.2. The van der Waals surface area contributed by atoms with Crippen molar-refractivity contribution < 1.29 is 27.5 Å². The third-order valence-corrected chi connectivity index (χ3v) is 7.09. The van der Waals surface area contributed by atoms with Crippen LogP contribution in [0.4, 0.5) is 0 Å². The topological polar surface area (TPSA) is 111 Å². The summed E-state index contributed by atoms with van der Waals surface area (Å²) in [5.41, 5.74) is 0.142. The van der Waals surface area contributed by atoms with Crippen molar-refractivity contribution in [2.75, 3.05) is 41.3 Å². The predicted molar refractivity (Wildman–Crippen MR) is 118 cm³/mol. The van der Waals surface area contributed by atoms with Crippen LogP contribution in [-0.2, 0) is 19.6 Å². The van der Waals surface area contributed by atoms with Crippen molar-refractivity contribution in [1.29, 1.82) is 0 Å². The summed E-state index contributed by atoms with van der Waals surface area (Å²) in [6.07, 6.45) is 2.07. The van der Waals surface area contributed by atoms with Gasteiger partial charge in [-0.3, -0.25) is 9.59 Å². The number of hydrogen-bond acceptors (Lipinski definition) is 7. The molecule has 10 heteroatoms. The van der Waals surface area contributed by atoms with E-state index in [1.165, 1.54) is 49.5 Å². The molecule has 1 aromatic carbocycles. The molecular weight excluding hydrogens is 434 g/mol. The Morgan fingerprint density at radius 2 is 1.75 bits per heavy atom. The zero-order chi connectivity index (χ0) is 23.6. The molecule has 1 aliphatic rings. The summed E-state index contributed by atoms with van der Waals surface area (Å²) in [6.45, 7) is 1.03. The van der Waals surface area contributed by atoms with Gasteiger partial charge in [0, 0.05) is 26.2 Å². The summed E-state index contributed by atoms with van der Waals surface area (Å²) in [5.74, 6) is -1.53. The molecule has 2 aromatic rings. The number of furan rings is 1. The van der Waals surface area contributed by atoms with Crippen LogP contribution in [0.25, 0.3) is 5.76 Å². The van der Waals surface area contributed by atoms with Gasteiger partial charge in [-0.2, -0.15) is 0 Å². The highest BCUT2D eigenvalue weighted by atomic mass is 32.2. The fourth-order valence-corrected chi connectivity index (χ4v) is 4.46. The highest BCUT2D eigenvalue weighted by Crippen LogP contribution is 2.39. The van der Waals surface area contributed by atoms with Crippen LogP contribution >= 0.6 is 0 Å². The Labute approximate surface area is 187 Å². The van der Waals surface area contributed by atoms with E-state index in [2.05, 4.69) is 0 Å². The van der Waals surface area contributed by atoms with Crippen molar-refractivity contribution >= 4 is 27.5 Å². The van der Waals surface area contributed by atoms with E-state index in [1.807, 2.05) is 19.0 Å². The highest BCUT2D eigenvalue weighted by Gasteiger charge is 2.47. The first-order valence-electron chi connectivity index (χ1n) is 10.0. The maximum Gasteiger partial charge on any atom is 0.295 e. The van der Waals surface area contributed by atoms with E-state index < -0.39 is 27.8 Å². The maximum absolute atomic E-state index is 12.9. The summed E-state index contributed by atoms with van der Waals surface area (Å²) in [6, 6.07) is 7.94. The molecular formula is C22H27N3O6S. The van der Waals surface area contributed by atoms with E-state index in [9.17, 15) is 23.1 Å². The highest BCUT2D eigenvalue weighted by molar-refractivity contribution is 7.89. The van der Waals surface area contributed by atoms with Crippen LogP contribution in [-0.4, -0.2) is 80.6 Å². The minimum Gasteiger partial charge on any atom is -0.507 e. The Hall–Kier alpha value is -2.95. The summed E-state index contributed by atoms with van der Waals surface area (Å²) in [5, 5.41) is 11.0. The lowest BCUT2D eigenvalue weighted by molar-refractivity contribution is -0.140. The summed E-state index contributed by atoms with van der Waals surface area (Å²) in [4.78, 5) is 29.1. The Morgan fingerprint density at radius 3 is 2.28 bits per heavy atom. The first kappa shape index (κ1) is 23.7. The van der Waals surface area contributed by atoms with Crippen molar-refractivity contribution in [3.8, 4) is 0 Å². The van der Waals surface area contributed by atoms with Crippen LogP contribution in [0.3, 0.4) is 0 Å². The second-order valence-electron chi connectivity index (χ2n) is 7.98. The van der Waals surface area contributed by atoms with Crippen molar-refractivity contribution in [2.24, 2.45) is 0 Å². The number of aliphatic hydroxyl groups excluding tert-OH is 1. The molecule has 3 rings (SSSR count). The summed E-state index contributed by atoms with van der Waals surface area (Å²) in [7, 11) is 3.03. The number of sulfonamides is 1. The summed E-state index contributed by atoms with van der Waals surface area (Å²) >= 11 is 0. The normalized spacial score (nSPS) is 18.8. The second-order valence-corrected chi connectivity index (χ2v) is 10.1. The lowest BCUT2D eigenvalue weighted by Crippen LogP contribution is -2.32. The van der Waals surface area contributed by atoms with Gasteiger partial charge in [-0.15, -0.1) is 0 Å². The van der Waals surface area contributed by atoms with Crippen LogP contribution in [0.1, 0.15) is 23.8 Å². The number of Topliss-reactive ketones (excluding diaryl/α,β-unsaturated/α-hetero) is 1. The van der Waals surface area contributed by atoms with Crippen LogP contribution < -0.4 is 0 Å². The number of aliphatic hydroxyl groups is 1. The lowest BCUT2D eigenvalue weighted by Gasteiger charge is -2.24. The number of nitrogens with zero attached hydrogens (tertiary/aromatic N) is 3. The first-order chi connectivity index (χ1) is 15.1. The molecule has 0 saturated carbocycles. The molecule has 9 nitrogen and oxygen atoms in total. The molecule has 1 saturated heterocycles. The number of rotatable bonds is 8. The van der Waals surface area contributed by atoms with Crippen LogP contribution in [0.5, 0.6) is 0 Å². The average molecular weight is 462 g/mol. The van der Waals surface area contributed by atoms with E-state index >= 15 is 0 Å². The molecule has 0 aliphatic carbocycles. The van der Waals surface area contributed by atoms with Crippen molar-refractivity contribution in [3.05, 3.63) is 59.6 Å². The predicted octanol–water partition coefficient (Wildman–Crippen LogP) is 1.90. The molecule has 1 fully saturated rings. The van der Waals surface area contributed by atoms with Crippen LogP contribution in [0, 0.1) is 0 Å². The lowest BCUT2D eigenvalue weighted by atomic mass is 9.99. The number of amides is 1. The van der Waals surface area contributed by atoms with Crippen molar-refractivity contribution in [1.82, 2.24) is 14.1 Å². The Balaban J connectivity index is 2.03. The maximum atomic E-state index is 12.9. The second kappa shape index (κ2) is 9.27. The molecule has 1 unspecified atom stereocenters. The minimum atomic E-state index is -3.64. The molecule has 32 heavy (non-hydrogen) atoms. The number of carbonyl (C=O) groups excluding carboxylic acids is 2. The Kier molecular flexibility index (Phi) is 6.87. The molecule has 0 radical (unpaired) electrons. The molecule has 1 amide bonds. The van der Waals surface area contributed by atoms with Gasteiger partial charge in [-0.25, -0.2) is 12.7 Å². The van der Waals surface area contributed by atoms with E-state index in [0.29, 0.717) is 18.7 Å². The van der Waals surface area contributed by atoms with E-state index in [1.54, 1.807) is 12.1 Å². The Bertz CT molecular complexity index is 1120. The minimum absolute atomic E-state index is 0.0470. The zero-order valence-electron chi connectivity index (χ0n) is 18.5. The molecule has 2 heterocycles. The first-order valence-corrected chi connectivity index (χ1v) is 11.5. The third kappa shape index (κ3) is 4.47. The third-order valence-electron chi connectivity index (χ3n) is 5.26. The molecule has 1 aliphatic heterocycles. The number of likely N-dealkylation sites (tertiary alicyclic amines) is 1. The number of carbonyl (C=O) groups is 2. The van der Waals surface area contributed by atoms with Gasteiger partial charge in [-0.05, 0) is 63.5 Å². The van der Waals surface area contributed by atoms with Gasteiger partial charge in [0.1, 0.15) is 17.6 Å². The Morgan fingerprint density at radius 1 is 1.09 bits per heavy atom. The van der Waals surface area contributed by atoms with Crippen LogP contribution in [0.15, 0.2) is 57.5 Å². The van der Waals surface area contributed by atoms with Gasteiger partial charge in [0.25, 0.3) is 11.7 Å². The van der Waals surface area contributed by atoms with Crippen LogP contribution in [0.2, 0.25) is 0 Å². The number of benzene rings is 1. The van der Waals surface area contributed by atoms with Gasteiger partial charge in [0.2, 0.25) is 10.0 Å². The quantitative estimate of drug-likeness (QED) is 0.363. The van der Waals surface area contributed by atoms with Gasteiger partial charge in [0.05, 0.1) is 16.7 Å². The number of hydrogen-bond donors (Lipinski definition) is 1. The molecule has 172 valence electrons. The largest absolute Gasteiger partial charge is 0.507 e. The smallest absolute Gasteiger partial charge is 0.295 e. The molecule has 1 N–H and O–H groups in total. The van der Waals surface area contributed by atoms with Gasteiger partial charge in [-0.1, -0.05) is 0 Å². The standard InChI is InChI=1S/C22H27N3O6S/c1-23(2)12-6-13-25-19(17-7-5-14-31-17)18(21(27)22(25)28)20(26)15-8-10-16(11-9-15)32(29,30)24(3)4/h5,7-11,14,19,26H,6,12-13H2,1-4H3/b20-18-. The average Bonchev–Trinajstić information content (AvgIpc) is 3.35. The fourth-order valence-electron chi connectivity index (χ4n) is 3.56. The van der Waals surface area contributed by atoms with Gasteiger partial charge < -0.3 is 19.3 Å². The molecule has 0 bridgehead atoms. The van der Waals surface area contributed by atoms with E-state index in [0.717, 1.165) is 10.8 Å². The number of ketones is 1. The van der Waals surface area contributed by atoms with E-state index in [4.69, 9.17) is 4.42 Å². The van der Waals surface area contributed by atoms with E-state index in [-0.39, 0.29) is 21.8 Å². The fraction of sp³-hybridized carbons (Fsp3) is 0.364.